The van der Waals surface area contributed by atoms with Crippen molar-refractivity contribution in [3.63, 3.8) is 0 Å². The van der Waals surface area contributed by atoms with Crippen molar-refractivity contribution in [1.82, 2.24) is 9.47 Å². The normalized spacial score (nSPS) is 16.9. The van der Waals surface area contributed by atoms with Crippen LogP contribution in [0, 0.1) is 0 Å². The van der Waals surface area contributed by atoms with Crippen LogP contribution in [0.4, 0.5) is 0 Å². The lowest BCUT2D eigenvalue weighted by Crippen LogP contribution is -2.15. The molecule has 0 saturated carbocycles. The highest BCUT2D eigenvalue weighted by atomic mass is 16.2. The Morgan fingerprint density at radius 2 is 1.64 bits per heavy atom. The van der Waals surface area contributed by atoms with Gasteiger partial charge in [0, 0.05) is 30.0 Å². The van der Waals surface area contributed by atoms with Gasteiger partial charge in [0.2, 0.25) is 5.91 Å². The van der Waals surface area contributed by atoms with Crippen molar-refractivity contribution in [2.45, 2.75) is 90.3 Å². The first-order valence-corrected chi connectivity index (χ1v) is 12.4. The zero-order valence-corrected chi connectivity index (χ0v) is 20.6. The number of likely N-dealkylation sites (N-methyl/N-ethyl adjacent to an activating group) is 1. The number of aromatic nitrogens is 1. The van der Waals surface area contributed by atoms with Crippen LogP contribution in [0.2, 0.25) is 0 Å². The second-order valence-electron chi connectivity index (χ2n) is 8.55. The molecule has 0 bridgehead atoms. The average Bonchev–Trinajstić information content (AvgIpc) is 3.26. The molecule has 0 aliphatic carbocycles. The van der Waals surface area contributed by atoms with E-state index >= 15 is 0 Å². The zero-order valence-electron chi connectivity index (χ0n) is 29.6. The summed E-state index contributed by atoms with van der Waals surface area (Å²) in [6.07, 6.45) is 16.5. The summed E-state index contributed by atoms with van der Waals surface area (Å²) < 4.78 is 76.6. The number of allylic oxidation sites excluding steroid dienone is 4. The number of carbonyl (C=O) groups excluding carboxylic acids is 1. The number of fused-ring (bicyclic) bond motifs is 1. The number of unbranched alkanes of at least 4 members (excludes halogenated alkanes) is 8. The van der Waals surface area contributed by atoms with Crippen LogP contribution in [0.25, 0.3) is 10.9 Å². The van der Waals surface area contributed by atoms with Gasteiger partial charge in [-0.15, -0.1) is 0 Å². The van der Waals surface area contributed by atoms with Gasteiger partial charge < -0.3 is 4.90 Å². The van der Waals surface area contributed by atoms with Crippen LogP contribution in [-0.2, 0) is 6.37 Å². The lowest BCUT2D eigenvalue weighted by Gasteiger charge is -2.07. The van der Waals surface area contributed by atoms with Crippen LogP contribution in [0.15, 0.2) is 54.6 Å². The van der Waals surface area contributed by atoms with E-state index in [2.05, 4.69) is 31.2 Å². The van der Waals surface area contributed by atoms with E-state index in [1.54, 1.807) is 0 Å². The third-order valence-electron chi connectivity index (χ3n) is 5.36. The SMILES string of the molecule is [2H]c1c([2H])c([2H])c2c(c1[2H])c(C([2H])([2H])C([2H])([2H])N(C)C)c([2H])n2C(=O)CCCCCCC/C=C\C/C=C\CCCCC. The summed E-state index contributed by atoms with van der Waals surface area (Å²) in [4.78, 5) is 14.4. The Balaban J connectivity index is 2.09. The first kappa shape index (κ1) is 16.5. The van der Waals surface area contributed by atoms with Gasteiger partial charge in [0.05, 0.1) is 12.4 Å². The minimum atomic E-state index is -2.87. The molecule has 182 valence electrons. The summed E-state index contributed by atoms with van der Waals surface area (Å²) in [6, 6.07) is -2.39. The number of nitrogens with zero attached hydrogens (tertiary/aromatic N) is 2. The molecule has 0 fully saturated rings. The Labute approximate surface area is 215 Å². The van der Waals surface area contributed by atoms with Crippen molar-refractivity contribution in [1.29, 1.82) is 0 Å². The van der Waals surface area contributed by atoms with Crippen molar-refractivity contribution in [3.05, 3.63) is 60.2 Å². The third-order valence-corrected chi connectivity index (χ3v) is 5.36. The number of benzene rings is 1. The predicted molar refractivity (Wildman–Crippen MR) is 144 cm³/mol. The molecule has 1 heterocycles. The summed E-state index contributed by atoms with van der Waals surface area (Å²) >= 11 is 0. The van der Waals surface area contributed by atoms with Crippen molar-refractivity contribution in [3.8, 4) is 0 Å². The van der Waals surface area contributed by atoms with E-state index in [9.17, 15) is 4.79 Å². The number of aryl methyl sites for hydroxylation is 1. The fourth-order valence-electron chi connectivity index (χ4n) is 3.52. The van der Waals surface area contributed by atoms with Gasteiger partial charge >= 0.3 is 0 Å². The number of para-hydroxylation sites is 1. The van der Waals surface area contributed by atoms with Crippen LogP contribution in [0.5, 0.6) is 0 Å². The highest BCUT2D eigenvalue weighted by Gasteiger charge is 2.13. The summed E-state index contributed by atoms with van der Waals surface area (Å²) in [5.74, 6) is -0.576. The molecule has 0 saturated heterocycles. The quantitative estimate of drug-likeness (QED) is 0.176. The van der Waals surface area contributed by atoms with E-state index in [-0.39, 0.29) is 17.3 Å². The third kappa shape index (κ3) is 10.6. The highest BCUT2D eigenvalue weighted by Crippen LogP contribution is 2.23. The van der Waals surface area contributed by atoms with Crippen molar-refractivity contribution >= 4 is 16.8 Å². The van der Waals surface area contributed by atoms with Crippen LogP contribution in [-0.4, -0.2) is 36.0 Å². The Kier molecular flexibility index (Phi) is 8.23. The van der Waals surface area contributed by atoms with Crippen molar-refractivity contribution < 1.29 is 17.1 Å². The molecule has 1 aromatic heterocycles. The van der Waals surface area contributed by atoms with E-state index in [1.807, 2.05) is 0 Å². The maximum Gasteiger partial charge on any atom is 0.231 e. The molecule has 33 heavy (non-hydrogen) atoms. The maximum atomic E-state index is 13.3. The van der Waals surface area contributed by atoms with Gasteiger partial charge in [-0.3, -0.25) is 9.36 Å². The second kappa shape index (κ2) is 16.5. The molecule has 0 N–H and O–H groups in total. The molecule has 0 aliphatic heterocycles. The Morgan fingerprint density at radius 1 is 0.970 bits per heavy atom. The highest BCUT2D eigenvalue weighted by molar-refractivity contribution is 5.94. The Morgan fingerprint density at radius 3 is 2.36 bits per heavy atom. The fourth-order valence-corrected chi connectivity index (χ4v) is 3.52. The molecule has 0 aliphatic rings. The van der Waals surface area contributed by atoms with E-state index in [0.29, 0.717) is 6.42 Å². The zero-order chi connectivity index (χ0) is 31.7. The molecule has 0 atom stereocenters. The van der Waals surface area contributed by atoms with E-state index < -0.39 is 54.7 Å². The molecule has 3 heteroatoms. The second-order valence-corrected chi connectivity index (χ2v) is 8.55. The number of carbonyl (C=O) groups is 1. The number of rotatable bonds is 17. The van der Waals surface area contributed by atoms with E-state index in [4.69, 9.17) is 12.3 Å². The van der Waals surface area contributed by atoms with Gasteiger partial charge in [-0.2, -0.15) is 0 Å². The molecular formula is C30H46N2O. The Bertz CT molecular complexity index is 1270. The first-order chi connectivity index (χ1) is 19.7. The van der Waals surface area contributed by atoms with Crippen molar-refractivity contribution in [2.75, 3.05) is 20.6 Å². The van der Waals surface area contributed by atoms with Gasteiger partial charge in [-0.1, -0.05) is 81.5 Å². The maximum absolute atomic E-state index is 13.3. The largest absolute Gasteiger partial charge is 0.309 e. The summed E-state index contributed by atoms with van der Waals surface area (Å²) in [5, 5.41) is -0.338. The van der Waals surface area contributed by atoms with Gasteiger partial charge in [-0.05, 0) is 70.6 Å². The molecule has 0 amide bonds. The van der Waals surface area contributed by atoms with Crippen LogP contribution >= 0.6 is 0 Å². The van der Waals surface area contributed by atoms with E-state index in [1.165, 1.54) is 33.4 Å². The number of hydrogen-bond acceptors (Lipinski definition) is 2. The van der Waals surface area contributed by atoms with Crippen molar-refractivity contribution in [2.24, 2.45) is 0 Å². The average molecular weight is 460 g/mol. The molecule has 0 unspecified atom stereocenters. The summed E-state index contributed by atoms with van der Waals surface area (Å²) in [6.45, 7) is -0.434. The summed E-state index contributed by atoms with van der Waals surface area (Å²) in [5.41, 5.74) is -0.844. The first-order valence-electron chi connectivity index (χ1n) is 16.9. The molecule has 0 spiro atoms. The van der Waals surface area contributed by atoms with Crippen LogP contribution in [0.1, 0.15) is 107 Å². The van der Waals surface area contributed by atoms with Gasteiger partial charge in [0.1, 0.15) is 0 Å². The molecular weight excluding hydrogens is 404 g/mol. The fraction of sp³-hybridized carbons (Fsp3) is 0.567. The molecule has 2 aromatic rings. The smallest absolute Gasteiger partial charge is 0.231 e. The van der Waals surface area contributed by atoms with Crippen LogP contribution < -0.4 is 0 Å². The standard InChI is InChI=1S/C30H46N2O/c1-4-5-6-7-8-9-10-11-12-13-14-15-16-17-18-23-30(33)32-26-27(24-25-31(2)3)28-21-19-20-22-29(28)32/h8-9,11-12,19-22,26H,4-7,10,13-18,23-25H2,1-3H3/b9-8-,12-11-/i19D,20D,21D,22D,24D2,25D2,26D. The van der Waals surface area contributed by atoms with Gasteiger partial charge in [0.25, 0.3) is 0 Å². The molecule has 0 radical (unpaired) electrons. The topological polar surface area (TPSA) is 25.2 Å². The van der Waals surface area contributed by atoms with Crippen LogP contribution in [0.3, 0.4) is 0 Å². The molecule has 2 rings (SSSR count). The minimum Gasteiger partial charge on any atom is -0.309 e. The lowest BCUT2D eigenvalue weighted by atomic mass is 10.1. The predicted octanol–water partition coefficient (Wildman–Crippen LogP) is 8.20. The lowest BCUT2D eigenvalue weighted by molar-refractivity contribution is 0.0904. The monoisotopic (exact) mass is 459 g/mol. The number of hydrogen-bond donors (Lipinski definition) is 0. The molecule has 3 nitrogen and oxygen atoms in total. The molecule has 1 aromatic carbocycles. The van der Waals surface area contributed by atoms with E-state index in [0.717, 1.165) is 54.4 Å². The van der Waals surface area contributed by atoms with Gasteiger partial charge in [0.15, 0.2) is 0 Å². The summed E-state index contributed by atoms with van der Waals surface area (Å²) in [7, 11) is 2.68. The minimum absolute atomic E-state index is 0.0197. The van der Waals surface area contributed by atoms with Gasteiger partial charge in [-0.25, -0.2) is 0 Å². The Hall–Kier alpha value is -2.13.